The highest BCUT2D eigenvalue weighted by molar-refractivity contribution is 5.87. The number of benzene rings is 2. The Bertz CT molecular complexity index is 678. The fourth-order valence-electron chi connectivity index (χ4n) is 1.70. The van der Waals surface area contributed by atoms with Crippen molar-refractivity contribution in [2.45, 2.75) is 12.8 Å². The van der Waals surface area contributed by atoms with E-state index < -0.39 is 23.5 Å². The number of ether oxygens (including phenoxy) is 1. The van der Waals surface area contributed by atoms with E-state index in [0.717, 1.165) is 24.3 Å². The van der Waals surface area contributed by atoms with Crippen molar-refractivity contribution in [3.63, 3.8) is 0 Å². The molecular weight excluding hydrogens is 304 g/mol. The Hall–Kier alpha value is -2.57. The second kappa shape index (κ2) is 6.05. The predicted molar refractivity (Wildman–Crippen MR) is 69.1 cm³/mol. The van der Waals surface area contributed by atoms with E-state index in [1.807, 2.05) is 0 Å². The van der Waals surface area contributed by atoms with E-state index >= 15 is 0 Å². The van der Waals surface area contributed by atoms with Crippen LogP contribution in [0, 0.1) is 5.82 Å². The molecule has 0 radical (unpaired) electrons. The molecule has 3 nitrogen and oxygen atoms in total. The molecule has 2 rings (SSSR count). The summed E-state index contributed by atoms with van der Waals surface area (Å²) in [4.78, 5) is 10.7. The van der Waals surface area contributed by atoms with Crippen molar-refractivity contribution < 1.29 is 32.2 Å². The average molecular weight is 314 g/mol. The van der Waals surface area contributed by atoms with Crippen LogP contribution >= 0.6 is 0 Å². The molecule has 0 aliphatic heterocycles. The van der Waals surface area contributed by atoms with Crippen LogP contribution in [0.4, 0.5) is 17.6 Å². The van der Waals surface area contributed by atoms with Gasteiger partial charge in [0, 0.05) is 0 Å². The lowest BCUT2D eigenvalue weighted by molar-refractivity contribution is -0.137. The van der Waals surface area contributed by atoms with Gasteiger partial charge in [0.05, 0.1) is 11.1 Å². The van der Waals surface area contributed by atoms with Gasteiger partial charge in [-0.05, 0) is 35.9 Å². The number of carboxylic acid groups (broad SMARTS) is 1. The van der Waals surface area contributed by atoms with E-state index in [0.29, 0.717) is 5.56 Å². The van der Waals surface area contributed by atoms with Gasteiger partial charge in [-0.25, -0.2) is 9.18 Å². The lowest BCUT2D eigenvalue weighted by atomic mass is 10.1. The third-order valence-corrected chi connectivity index (χ3v) is 2.85. The van der Waals surface area contributed by atoms with Crippen molar-refractivity contribution in [2.24, 2.45) is 0 Å². The summed E-state index contributed by atoms with van der Waals surface area (Å²) in [5.41, 5.74) is -0.581. The highest BCUT2D eigenvalue weighted by Gasteiger charge is 2.29. The van der Waals surface area contributed by atoms with Gasteiger partial charge < -0.3 is 9.84 Å². The van der Waals surface area contributed by atoms with Crippen LogP contribution in [0.3, 0.4) is 0 Å². The minimum atomic E-state index is -4.42. The molecule has 0 spiro atoms. The number of hydrogen-bond acceptors (Lipinski definition) is 2. The summed E-state index contributed by atoms with van der Waals surface area (Å²) in [5, 5.41) is 8.70. The van der Waals surface area contributed by atoms with Crippen molar-refractivity contribution >= 4 is 5.97 Å². The van der Waals surface area contributed by atoms with Gasteiger partial charge in [-0.3, -0.25) is 0 Å². The number of halogens is 4. The molecule has 2 aromatic carbocycles. The van der Waals surface area contributed by atoms with Crippen LogP contribution in [0.1, 0.15) is 21.5 Å². The summed E-state index contributed by atoms with van der Waals surface area (Å²) in [5.74, 6) is -2.30. The summed E-state index contributed by atoms with van der Waals surface area (Å²) >= 11 is 0. The predicted octanol–water partition coefficient (Wildman–Crippen LogP) is 4.12. The molecule has 0 heterocycles. The maximum Gasteiger partial charge on any atom is 0.416 e. The van der Waals surface area contributed by atoms with Gasteiger partial charge in [-0.15, -0.1) is 0 Å². The van der Waals surface area contributed by atoms with Gasteiger partial charge in [0.15, 0.2) is 11.6 Å². The number of alkyl halides is 3. The zero-order valence-electron chi connectivity index (χ0n) is 11.0. The van der Waals surface area contributed by atoms with E-state index in [9.17, 15) is 22.4 Å². The minimum absolute atomic E-state index is 0.137. The van der Waals surface area contributed by atoms with Crippen LogP contribution in [-0.2, 0) is 12.8 Å². The van der Waals surface area contributed by atoms with Crippen LogP contribution < -0.4 is 4.74 Å². The molecule has 0 aliphatic rings. The lowest BCUT2D eigenvalue weighted by Gasteiger charge is -2.10. The summed E-state index contributed by atoms with van der Waals surface area (Å²) in [6.45, 7) is -0.137. The first-order chi connectivity index (χ1) is 10.3. The van der Waals surface area contributed by atoms with Crippen LogP contribution in [-0.4, -0.2) is 11.1 Å². The molecule has 0 unspecified atom stereocenters. The minimum Gasteiger partial charge on any atom is -0.486 e. The summed E-state index contributed by atoms with van der Waals surface area (Å²) in [7, 11) is 0. The highest BCUT2D eigenvalue weighted by Crippen LogP contribution is 2.29. The molecule has 0 atom stereocenters. The van der Waals surface area contributed by atoms with Gasteiger partial charge in [-0.1, -0.05) is 12.1 Å². The Labute approximate surface area is 122 Å². The van der Waals surface area contributed by atoms with Crippen molar-refractivity contribution in [2.75, 3.05) is 0 Å². The first-order valence-electron chi connectivity index (χ1n) is 6.09. The Kier molecular flexibility index (Phi) is 4.35. The van der Waals surface area contributed by atoms with E-state index in [1.54, 1.807) is 0 Å². The molecule has 0 fully saturated rings. The molecule has 7 heteroatoms. The molecule has 0 saturated carbocycles. The van der Waals surface area contributed by atoms with Crippen molar-refractivity contribution in [3.05, 3.63) is 65.0 Å². The van der Waals surface area contributed by atoms with Crippen molar-refractivity contribution in [1.82, 2.24) is 0 Å². The zero-order chi connectivity index (χ0) is 16.3. The normalized spacial score (nSPS) is 11.3. The fraction of sp³-hybridized carbons (Fsp3) is 0.133. The number of rotatable bonds is 4. The molecule has 2 aromatic rings. The molecule has 0 aliphatic carbocycles. The van der Waals surface area contributed by atoms with Crippen LogP contribution in [0.5, 0.6) is 5.75 Å². The standard InChI is InChI=1S/C15H10F4O3/c16-12-7-10(14(20)21)3-6-13(12)22-8-9-1-4-11(5-2-9)15(17,18)19/h1-7H,8H2,(H,20,21). The number of hydrogen-bond donors (Lipinski definition) is 1. The molecule has 22 heavy (non-hydrogen) atoms. The Morgan fingerprint density at radius 3 is 2.23 bits per heavy atom. The van der Waals surface area contributed by atoms with E-state index in [4.69, 9.17) is 9.84 Å². The highest BCUT2D eigenvalue weighted by atomic mass is 19.4. The van der Waals surface area contributed by atoms with Gasteiger partial charge in [0.25, 0.3) is 0 Å². The maximum absolute atomic E-state index is 13.6. The number of aromatic carboxylic acids is 1. The fourth-order valence-corrected chi connectivity index (χ4v) is 1.70. The third kappa shape index (κ3) is 3.75. The largest absolute Gasteiger partial charge is 0.486 e. The Morgan fingerprint density at radius 1 is 1.09 bits per heavy atom. The van der Waals surface area contributed by atoms with Crippen molar-refractivity contribution in [1.29, 1.82) is 0 Å². The third-order valence-electron chi connectivity index (χ3n) is 2.85. The van der Waals surface area contributed by atoms with E-state index in [1.165, 1.54) is 18.2 Å². The SMILES string of the molecule is O=C(O)c1ccc(OCc2ccc(C(F)(F)F)cc2)c(F)c1. The van der Waals surface area contributed by atoms with Crippen LogP contribution in [0.2, 0.25) is 0 Å². The molecular formula is C15H10F4O3. The van der Waals surface area contributed by atoms with E-state index in [2.05, 4.69) is 0 Å². The molecule has 0 aromatic heterocycles. The lowest BCUT2D eigenvalue weighted by Crippen LogP contribution is -2.05. The van der Waals surface area contributed by atoms with Gasteiger partial charge in [-0.2, -0.15) is 13.2 Å². The van der Waals surface area contributed by atoms with Crippen LogP contribution in [0.15, 0.2) is 42.5 Å². The zero-order valence-corrected chi connectivity index (χ0v) is 11.0. The quantitative estimate of drug-likeness (QED) is 0.864. The molecule has 116 valence electrons. The first kappa shape index (κ1) is 15.8. The second-order valence-electron chi connectivity index (χ2n) is 4.43. The summed E-state index contributed by atoms with van der Waals surface area (Å²) in [6.07, 6.45) is -4.42. The molecule has 0 amide bonds. The molecule has 0 saturated heterocycles. The van der Waals surface area contributed by atoms with Gasteiger partial charge >= 0.3 is 12.1 Å². The Morgan fingerprint density at radius 2 is 1.73 bits per heavy atom. The molecule has 0 bridgehead atoms. The Balaban J connectivity index is 2.05. The first-order valence-corrected chi connectivity index (χ1v) is 6.09. The smallest absolute Gasteiger partial charge is 0.416 e. The number of carboxylic acids is 1. The second-order valence-corrected chi connectivity index (χ2v) is 4.43. The average Bonchev–Trinajstić information content (AvgIpc) is 2.45. The maximum atomic E-state index is 13.6. The number of carbonyl (C=O) groups is 1. The summed E-state index contributed by atoms with van der Waals surface area (Å²) in [6, 6.07) is 7.41. The van der Waals surface area contributed by atoms with Gasteiger partial charge in [0.2, 0.25) is 0 Å². The topological polar surface area (TPSA) is 46.5 Å². The van der Waals surface area contributed by atoms with Gasteiger partial charge in [0.1, 0.15) is 6.61 Å². The van der Waals surface area contributed by atoms with E-state index in [-0.39, 0.29) is 17.9 Å². The van der Waals surface area contributed by atoms with Crippen molar-refractivity contribution in [3.8, 4) is 5.75 Å². The van der Waals surface area contributed by atoms with Crippen LogP contribution in [0.25, 0.3) is 0 Å². The molecule has 1 N–H and O–H groups in total. The summed E-state index contributed by atoms with van der Waals surface area (Å²) < 4.78 is 55.9. The monoisotopic (exact) mass is 314 g/mol.